The van der Waals surface area contributed by atoms with Gasteiger partial charge in [0.15, 0.2) is 5.13 Å². The highest BCUT2D eigenvalue weighted by Crippen LogP contribution is 2.27. The standard InChI is InChI=1S/C13H23N3OS/c1-4-14-10(2)12-9-18-13(15-12)16(3)11-5-7-17-8-6-11/h9-11,14H,4-8H2,1-3H3. The highest BCUT2D eigenvalue weighted by molar-refractivity contribution is 7.13. The molecule has 0 saturated carbocycles. The number of nitrogens with zero attached hydrogens (tertiary/aromatic N) is 2. The fourth-order valence-corrected chi connectivity index (χ4v) is 3.23. The second-order valence-corrected chi connectivity index (χ2v) is 5.63. The van der Waals surface area contributed by atoms with Crippen molar-refractivity contribution in [2.24, 2.45) is 0 Å². The predicted octanol–water partition coefficient (Wildman–Crippen LogP) is 2.43. The van der Waals surface area contributed by atoms with Crippen LogP contribution < -0.4 is 10.2 Å². The molecular formula is C13H23N3OS. The van der Waals surface area contributed by atoms with Gasteiger partial charge in [0.1, 0.15) is 0 Å². The summed E-state index contributed by atoms with van der Waals surface area (Å²) in [6, 6.07) is 0.912. The van der Waals surface area contributed by atoms with Crippen LogP contribution >= 0.6 is 11.3 Å². The van der Waals surface area contributed by atoms with E-state index in [1.165, 1.54) is 0 Å². The summed E-state index contributed by atoms with van der Waals surface area (Å²) < 4.78 is 5.41. The van der Waals surface area contributed by atoms with Crippen LogP contribution in [0.15, 0.2) is 5.38 Å². The average molecular weight is 269 g/mol. The second-order valence-electron chi connectivity index (χ2n) is 4.79. The van der Waals surface area contributed by atoms with Crippen LogP contribution in [0.5, 0.6) is 0 Å². The second kappa shape index (κ2) is 6.50. The zero-order valence-corrected chi connectivity index (χ0v) is 12.3. The third kappa shape index (κ3) is 3.22. The van der Waals surface area contributed by atoms with Crippen molar-refractivity contribution in [1.82, 2.24) is 10.3 Å². The molecule has 1 aromatic heterocycles. The molecule has 1 N–H and O–H groups in total. The Labute approximate surface area is 113 Å². The molecule has 2 rings (SSSR count). The van der Waals surface area contributed by atoms with Gasteiger partial charge in [-0.1, -0.05) is 6.92 Å². The fourth-order valence-electron chi connectivity index (χ4n) is 2.28. The Morgan fingerprint density at radius 1 is 1.56 bits per heavy atom. The Morgan fingerprint density at radius 3 is 2.94 bits per heavy atom. The molecule has 0 aromatic carbocycles. The fraction of sp³-hybridized carbons (Fsp3) is 0.769. The van der Waals surface area contributed by atoms with E-state index in [0.717, 1.165) is 43.4 Å². The Hall–Kier alpha value is -0.650. The van der Waals surface area contributed by atoms with Crippen molar-refractivity contribution in [2.45, 2.75) is 38.8 Å². The topological polar surface area (TPSA) is 37.4 Å². The highest BCUT2D eigenvalue weighted by Gasteiger charge is 2.21. The lowest BCUT2D eigenvalue weighted by Gasteiger charge is -2.30. The van der Waals surface area contributed by atoms with E-state index < -0.39 is 0 Å². The predicted molar refractivity (Wildman–Crippen MR) is 76.4 cm³/mol. The van der Waals surface area contributed by atoms with Gasteiger partial charge in [0.2, 0.25) is 0 Å². The average Bonchev–Trinajstić information content (AvgIpc) is 2.89. The molecular weight excluding hydrogens is 246 g/mol. The molecule has 1 aliphatic rings. The van der Waals surface area contributed by atoms with Crippen LogP contribution in [0.1, 0.15) is 38.4 Å². The van der Waals surface area contributed by atoms with E-state index in [1.807, 2.05) is 0 Å². The maximum Gasteiger partial charge on any atom is 0.185 e. The van der Waals surface area contributed by atoms with Gasteiger partial charge in [-0.3, -0.25) is 0 Å². The molecule has 0 amide bonds. The molecule has 1 saturated heterocycles. The highest BCUT2D eigenvalue weighted by atomic mass is 32.1. The van der Waals surface area contributed by atoms with Crippen LogP contribution in [0.4, 0.5) is 5.13 Å². The molecule has 1 aromatic rings. The largest absolute Gasteiger partial charge is 0.381 e. The zero-order chi connectivity index (χ0) is 13.0. The van der Waals surface area contributed by atoms with E-state index in [4.69, 9.17) is 9.72 Å². The van der Waals surface area contributed by atoms with E-state index in [-0.39, 0.29) is 0 Å². The number of hydrogen-bond acceptors (Lipinski definition) is 5. The molecule has 1 atom stereocenters. The lowest BCUT2D eigenvalue weighted by Crippen LogP contribution is -2.36. The Bertz CT molecular complexity index is 363. The van der Waals surface area contributed by atoms with Crippen molar-refractivity contribution in [3.63, 3.8) is 0 Å². The van der Waals surface area contributed by atoms with Crippen molar-refractivity contribution in [3.8, 4) is 0 Å². The van der Waals surface area contributed by atoms with Gasteiger partial charge in [-0.15, -0.1) is 11.3 Å². The summed E-state index contributed by atoms with van der Waals surface area (Å²) in [4.78, 5) is 7.06. The number of nitrogens with one attached hydrogen (secondary N) is 1. The van der Waals surface area contributed by atoms with Gasteiger partial charge in [0, 0.05) is 37.7 Å². The van der Waals surface area contributed by atoms with Crippen molar-refractivity contribution < 1.29 is 4.74 Å². The third-order valence-electron chi connectivity index (χ3n) is 3.50. The first-order valence-electron chi connectivity index (χ1n) is 6.71. The van der Waals surface area contributed by atoms with Gasteiger partial charge >= 0.3 is 0 Å². The number of thiazole rings is 1. The first-order chi connectivity index (χ1) is 8.72. The molecule has 0 bridgehead atoms. The molecule has 2 heterocycles. The Balaban J connectivity index is 1.99. The van der Waals surface area contributed by atoms with Crippen LogP contribution in [0, 0.1) is 0 Å². The maximum absolute atomic E-state index is 5.41. The van der Waals surface area contributed by atoms with Crippen LogP contribution in [-0.4, -0.2) is 37.8 Å². The third-order valence-corrected chi connectivity index (χ3v) is 4.45. The Morgan fingerprint density at radius 2 is 2.28 bits per heavy atom. The smallest absolute Gasteiger partial charge is 0.185 e. The molecule has 1 fully saturated rings. The van der Waals surface area contributed by atoms with E-state index in [2.05, 4.69) is 36.5 Å². The van der Waals surface area contributed by atoms with Gasteiger partial charge in [0.05, 0.1) is 5.69 Å². The number of ether oxygens (including phenoxy) is 1. The van der Waals surface area contributed by atoms with Crippen molar-refractivity contribution in [2.75, 3.05) is 31.7 Å². The van der Waals surface area contributed by atoms with E-state index in [9.17, 15) is 0 Å². The van der Waals surface area contributed by atoms with Gasteiger partial charge in [-0.05, 0) is 26.3 Å². The molecule has 18 heavy (non-hydrogen) atoms. The van der Waals surface area contributed by atoms with Gasteiger partial charge in [-0.2, -0.15) is 0 Å². The molecule has 0 radical (unpaired) electrons. The summed E-state index contributed by atoms with van der Waals surface area (Å²) in [5.41, 5.74) is 1.15. The first-order valence-corrected chi connectivity index (χ1v) is 7.59. The SMILES string of the molecule is CCNC(C)c1csc(N(C)C2CCOCC2)n1. The van der Waals surface area contributed by atoms with Gasteiger partial charge in [-0.25, -0.2) is 4.98 Å². The minimum Gasteiger partial charge on any atom is -0.381 e. The number of rotatable bonds is 5. The van der Waals surface area contributed by atoms with Crippen LogP contribution in [0.2, 0.25) is 0 Å². The molecule has 1 aliphatic heterocycles. The summed E-state index contributed by atoms with van der Waals surface area (Å²) in [5, 5.41) is 6.69. The summed E-state index contributed by atoms with van der Waals surface area (Å²) in [5.74, 6) is 0. The summed E-state index contributed by atoms with van der Waals surface area (Å²) in [6.07, 6.45) is 2.21. The maximum atomic E-state index is 5.41. The number of anilines is 1. The molecule has 0 spiro atoms. The summed E-state index contributed by atoms with van der Waals surface area (Å²) in [6.45, 7) is 7.01. The number of aromatic nitrogens is 1. The van der Waals surface area contributed by atoms with Crippen molar-refractivity contribution >= 4 is 16.5 Å². The molecule has 5 heteroatoms. The molecule has 1 unspecified atom stereocenters. The van der Waals surface area contributed by atoms with E-state index in [0.29, 0.717) is 12.1 Å². The van der Waals surface area contributed by atoms with Crippen molar-refractivity contribution in [1.29, 1.82) is 0 Å². The minimum absolute atomic E-state index is 0.336. The van der Waals surface area contributed by atoms with E-state index >= 15 is 0 Å². The summed E-state index contributed by atoms with van der Waals surface area (Å²) in [7, 11) is 2.15. The van der Waals surface area contributed by atoms with E-state index in [1.54, 1.807) is 11.3 Å². The normalized spacial score (nSPS) is 18.8. The molecule has 102 valence electrons. The first kappa shape index (κ1) is 13.8. The molecule has 4 nitrogen and oxygen atoms in total. The lowest BCUT2D eigenvalue weighted by molar-refractivity contribution is 0.0855. The van der Waals surface area contributed by atoms with Gasteiger partial charge < -0.3 is 15.0 Å². The van der Waals surface area contributed by atoms with Crippen molar-refractivity contribution in [3.05, 3.63) is 11.1 Å². The number of hydrogen-bond donors (Lipinski definition) is 1. The summed E-state index contributed by atoms with van der Waals surface area (Å²) >= 11 is 1.74. The zero-order valence-electron chi connectivity index (χ0n) is 11.5. The Kier molecular flexibility index (Phi) is 4.97. The molecule has 0 aliphatic carbocycles. The van der Waals surface area contributed by atoms with Crippen LogP contribution in [0.25, 0.3) is 0 Å². The monoisotopic (exact) mass is 269 g/mol. The van der Waals surface area contributed by atoms with Gasteiger partial charge in [0.25, 0.3) is 0 Å². The van der Waals surface area contributed by atoms with Crippen LogP contribution in [-0.2, 0) is 4.74 Å². The van der Waals surface area contributed by atoms with Crippen LogP contribution in [0.3, 0.4) is 0 Å². The minimum atomic E-state index is 0.336. The quantitative estimate of drug-likeness (QED) is 0.891. The lowest BCUT2D eigenvalue weighted by atomic mass is 10.1.